The van der Waals surface area contributed by atoms with Crippen molar-refractivity contribution >= 4 is 11.9 Å². The van der Waals surface area contributed by atoms with Gasteiger partial charge in [-0.25, -0.2) is 5.10 Å². The van der Waals surface area contributed by atoms with E-state index in [1.54, 1.807) is 0 Å². The number of ether oxygens (including phenoxy) is 1. The number of hydrogen-bond acceptors (Lipinski definition) is 4. The molecule has 2 rings (SSSR count). The fraction of sp³-hybridized carbons (Fsp3) is 0.667. The zero-order chi connectivity index (χ0) is 10.5. The van der Waals surface area contributed by atoms with Crippen molar-refractivity contribution in [2.75, 3.05) is 18.5 Å². The molecule has 1 aliphatic rings. The maximum absolute atomic E-state index is 11.5. The van der Waals surface area contributed by atoms with Crippen LogP contribution in [0.4, 0.5) is 5.95 Å². The highest BCUT2D eigenvalue weighted by molar-refractivity contribution is 5.88. The van der Waals surface area contributed by atoms with Crippen molar-refractivity contribution in [3.63, 3.8) is 0 Å². The van der Waals surface area contributed by atoms with Gasteiger partial charge in [-0.3, -0.25) is 10.1 Å². The van der Waals surface area contributed by atoms with Crippen molar-refractivity contribution in [1.82, 2.24) is 15.2 Å². The molecule has 6 nitrogen and oxygen atoms in total. The lowest BCUT2D eigenvalue weighted by molar-refractivity contribution is -0.117. The normalized spacial score (nSPS) is 17.6. The average Bonchev–Trinajstić information content (AvgIpc) is 2.71. The molecule has 0 saturated carbocycles. The Balaban J connectivity index is 1.76. The highest BCUT2D eigenvalue weighted by Gasteiger charge is 2.17. The van der Waals surface area contributed by atoms with Crippen molar-refractivity contribution in [2.45, 2.75) is 19.3 Å². The first-order valence-corrected chi connectivity index (χ1v) is 5.07. The quantitative estimate of drug-likeness (QED) is 0.764. The van der Waals surface area contributed by atoms with E-state index in [4.69, 9.17) is 4.74 Å². The van der Waals surface area contributed by atoms with E-state index in [0.717, 1.165) is 26.1 Å². The Bertz CT molecular complexity index is 306. The van der Waals surface area contributed by atoms with Crippen LogP contribution in [0.3, 0.4) is 0 Å². The summed E-state index contributed by atoms with van der Waals surface area (Å²) in [5, 5.41) is 8.90. The zero-order valence-corrected chi connectivity index (χ0v) is 8.40. The maximum Gasteiger partial charge on any atom is 0.226 e. The van der Waals surface area contributed by atoms with Crippen molar-refractivity contribution in [3.8, 4) is 0 Å². The van der Waals surface area contributed by atoms with E-state index in [-0.39, 0.29) is 5.91 Å². The molecule has 2 N–H and O–H groups in total. The second-order valence-corrected chi connectivity index (χ2v) is 3.64. The molecule has 1 fully saturated rings. The third-order valence-corrected chi connectivity index (χ3v) is 2.49. The van der Waals surface area contributed by atoms with E-state index in [0.29, 0.717) is 18.3 Å². The number of aromatic nitrogens is 3. The minimum absolute atomic E-state index is 0.0151. The van der Waals surface area contributed by atoms with Gasteiger partial charge in [0, 0.05) is 19.6 Å². The van der Waals surface area contributed by atoms with E-state index >= 15 is 0 Å². The summed E-state index contributed by atoms with van der Waals surface area (Å²) in [5.74, 6) is 0.826. The molecule has 1 aromatic heterocycles. The summed E-state index contributed by atoms with van der Waals surface area (Å²) in [6.07, 6.45) is 3.82. The highest BCUT2D eigenvalue weighted by atomic mass is 16.5. The molecule has 0 aliphatic carbocycles. The first-order chi connectivity index (χ1) is 7.34. The third kappa shape index (κ3) is 3.02. The number of carbonyl (C=O) groups is 1. The lowest BCUT2D eigenvalue weighted by Crippen LogP contribution is -2.22. The summed E-state index contributed by atoms with van der Waals surface area (Å²) >= 11 is 0. The second-order valence-electron chi connectivity index (χ2n) is 3.64. The molecule has 2 heterocycles. The summed E-state index contributed by atoms with van der Waals surface area (Å²) in [7, 11) is 0. The predicted octanol–water partition coefficient (Wildman–Crippen LogP) is 0.560. The number of amides is 1. The number of nitrogens with one attached hydrogen (secondary N) is 2. The van der Waals surface area contributed by atoms with Gasteiger partial charge in [-0.2, -0.15) is 10.1 Å². The number of hydrogen-bond donors (Lipinski definition) is 2. The monoisotopic (exact) mass is 210 g/mol. The minimum atomic E-state index is -0.0151. The van der Waals surface area contributed by atoms with Crippen LogP contribution < -0.4 is 5.32 Å². The van der Waals surface area contributed by atoms with Crippen molar-refractivity contribution in [3.05, 3.63) is 6.33 Å². The Morgan fingerprint density at radius 1 is 1.60 bits per heavy atom. The van der Waals surface area contributed by atoms with E-state index in [1.165, 1.54) is 6.33 Å². The third-order valence-electron chi connectivity index (χ3n) is 2.49. The highest BCUT2D eigenvalue weighted by Crippen LogP contribution is 2.18. The predicted molar refractivity (Wildman–Crippen MR) is 53.2 cm³/mol. The fourth-order valence-corrected chi connectivity index (χ4v) is 1.66. The fourth-order valence-electron chi connectivity index (χ4n) is 1.66. The van der Waals surface area contributed by atoms with Crippen LogP contribution in [-0.2, 0) is 9.53 Å². The van der Waals surface area contributed by atoms with Gasteiger partial charge in [0.2, 0.25) is 11.9 Å². The molecule has 0 spiro atoms. The van der Waals surface area contributed by atoms with Crippen molar-refractivity contribution in [2.24, 2.45) is 5.92 Å². The Hall–Kier alpha value is -1.43. The molecule has 0 bridgehead atoms. The summed E-state index contributed by atoms with van der Waals surface area (Å²) in [4.78, 5) is 15.4. The number of nitrogens with zero attached hydrogens (tertiary/aromatic N) is 2. The maximum atomic E-state index is 11.5. The van der Waals surface area contributed by atoms with Gasteiger partial charge < -0.3 is 4.74 Å². The number of carbonyl (C=O) groups excluding carboxylic acids is 1. The average molecular weight is 210 g/mol. The Morgan fingerprint density at radius 2 is 2.40 bits per heavy atom. The molecule has 0 radical (unpaired) electrons. The first kappa shape index (κ1) is 10.1. The summed E-state index contributed by atoms with van der Waals surface area (Å²) in [6.45, 7) is 1.53. The van der Waals surface area contributed by atoms with Crippen LogP contribution in [0.15, 0.2) is 6.33 Å². The first-order valence-electron chi connectivity index (χ1n) is 5.07. The lowest BCUT2D eigenvalue weighted by atomic mass is 9.96. The van der Waals surface area contributed by atoms with Gasteiger partial charge in [-0.1, -0.05) is 0 Å². The van der Waals surface area contributed by atoms with Crippen LogP contribution >= 0.6 is 0 Å². The topological polar surface area (TPSA) is 79.9 Å². The molecule has 82 valence electrons. The molecule has 1 amide bonds. The Kier molecular flexibility index (Phi) is 3.29. The molecule has 15 heavy (non-hydrogen) atoms. The van der Waals surface area contributed by atoms with Gasteiger partial charge in [0.05, 0.1) is 0 Å². The standard InChI is InChI=1S/C9H14N4O2/c14-8(12-9-10-6-11-13-9)5-7-1-3-15-4-2-7/h6-7H,1-5H2,(H2,10,11,12,13,14). The van der Waals surface area contributed by atoms with Crippen LogP contribution in [0.5, 0.6) is 0 Å². The van der Waals surface area contributed by atoms with Gasteiger partial charge in [0.1, 0.15) is 6.33 Å². The molecule has 1 aromatic rings. The van der Waals surface area contributed by atoms with E-state index in [1.807, 2.05) is 0 Å². The summed E-state index contributed by atoms with van der Waals surface area (Å²) < 4.78 is 5.23. The largest absolute Gasteiger partial charge is 0.381 e. The molecular weight excluding hydrogens is 196 g/mol. The summed E-state index contributed by atoms with van der Waals surface area (Å²) in [5.41, 5.74) is 0. The minimum Gasteiger partial charge on any atom is -0.381 e. The molecule has 0 unspecified atom stereocenters. The molecular formula is C9H14N4O2. The van der Waals surface area contributed by atoms with E-state index < -0.39 is 0 Å². The van der Waals surface area contributed by atoms with Gasteiger partial charge in [-0.05, 0) is 18.8 Å². The number of rotatable bonds is 3. The van der Waals surface area contributed by atoms with Gasteiger partial charge >= 0.3 is 0 Å². The molecule has 0 atom stereocenters. The number of H-pyrrole nitrogens is 1. The molecule has 0 aromatic carbocycles. The lowest BCUT2D eigenvalue weighted by Gasteiger charge is -2.20. The Labute approximate surface area is 87.4 Å². The van der Waals surface area contributed by atoms with Crippen LogP contribution in [0.25, 0.3) is 0 Å². The van der Waals surface area contributed by atoms with Gasteiger partial charge in [-0.15, -0.1) is 0 Å². The second kappa shape index (κ2) is 4.88. The smallest absolute Gasteiger partial charge is 0.226 e. The van der Waals surface area contributed by atoms with Crippen molar-refractivity contribution < 1.29 is 9.53 Å². The van der Waals surface area contributed by atoms with Crippen LogP contribution in [0, 0.1) is 5.92 Å². The molecule has 1 aliphatic heterocycles. The zero-order valence-electron chi connectivity index (χ0n) is 8.40. The molecule has 6 heteroatoms. The van der Waals surface area contributed by atoms with Crippen LogP contribution in [0.1, 0.15) is 19.3 Å². The van der Waals surface area contributed by atoms with Gasteiger partial charge in [0.25, 0.3) is 0 Å². The van der Waals surface area contributed by atoms with Crippen molar-refractivity contribution in [1.29, 1.82) is 0 Å². The molecule has 1 saturated heterocycles. The SMILES string of the molecule is O=C(CC1CCOCC1)Nc1ncn[nH]1. The Morgan fingerprint density at radius 3 is 3.07 bits per heavy atom. The van der Waals surface area contributed by atoms with Crippen LogP contribution in [0.2, 0.25) is 0 Å². The van der Waals surface area contributed by atoms with Crippen LogP contribution in [-0.4, -0.2) is 34.3 Å². The van der Waals surface area contributed by atoms with E-state index in [9.17, 15) is 4.79 Å². The number of aromatic amines is 1. The van der Waals surface area contributed by atoms with Gasteiger partial charge in [0.15, 0.2) is 0 Å². The summed E-state index contributed by atoms with van der Waals surface area (Å²) in [6, 6.07) is 0. The van der Waals surface area contributed by atoms with E-state index in [2.05, 4.69) is 20.5 Å². The number of anilines is 1.